The number of methoxy groups -OCH3 is 1. The zero-order chi connectivity index (χ0) is 19.6. The number of aliphatic imine (C=N–C) groups is 1. The highest BCUT2D eigenvalue weighted by Crippen LogP contribution is 2.12. The lowest BCUT2D eigenvalue weighted by Gasteiger charge is -2.22. The zero-order valence-electron chi connectivity index (χ0n) is 16.8. The molecule has 7 nitrogen and oxygen atoms in total. The quantitative estimate of drug-likeness (QED) is 0.252. The zero-order valence-corrected chi connectivity index (χ0v) is 19.2. The molecule has 1 aromatic carbocycles. The number of benzene rings is 1. The number of furan rings is 1. The molecule has 0 unspecified atom stereocenters. The number of hydrogen-bond acceptors (Lipinski definition) is 4. The average molecular weight is 500 g/mol. The summed E-state index contributed by atoms with van der Waals surface area (Å²) in [7, 11) is 5.40. The van der Waals surface area contributed by atoms with Crippen molar-refractivity contribution in [2.75, 3.05) is 34.3 Å². The molecule has 2 N–H and O–H groups in total. The van der Waals surface area contributed by atoms with Crippen molar-refractivity contribution >= 4 is 35.8 Å². The van der Waals surface area contributed by atoms with Crippen LogP contribution in [0.4, 0.5) is 0 Å². The van der Waals surface area contributed by atoms with Crippen LogP contribution < -0.4 is 15.4 Å². The van der Waals surface area contributed by atoms with Crippen LogP contribution in [-0.2, 0) is 6.54 Å². The van der Waals surface area contributed by atoms with Gasteiger partial charge >= 0.3 is 0 Å². The topological polar surface area (TPSA) is 79.1 Å². The molecule has 8 heteroatoms. The second kappa shape index (κ2) is 12.3. The van der Waals surface area contributed by atoms with E-state index in [1.807, 2.05) is 43.1 Å². The number of ether oxygens (including phenoxy) is 1. The molecule has 2 rings (SSSR count). The first-order valence-electron chi connectivity index (χ1n) is 8.92. The third kappa shape index (κ3) is 7.06. The fourth-order valence-electron chi connectivity index (χ4n) is 2.64. The van der Waals surface area contributed by atoms with Gasteiger partial charge in [-0.3, -0.25) is 9.79 Å². The molecule has 0 atom stereocenters. The van der Waals surface area contributed by atoms with Gasteiger partial charge in [0.15, 0.2) is 11.7 Å². The molecule has 1 aromatic heterocycles. The molecule has 1 heterocycles. The third-order valence-corrected chi connectivity index (χ3v) is 4.14. The van der Waals surface area contributed by atoms with E-state index in [9.17, 15) is 4.79 Å². The molecule has 2 aromatic rings. The van der Waals surface area contributed by atoms with Gasteiger partial charge in [-0.15, -0.1) is 24.0 Å². The van der Waals surface area contributed by atoms with Crippen LogP contribution in [0.25, 0.3) is 0 Å². The Morgan fingerprint density at radius 1 is 1.18 bits per heavy atom. The molecule has 1 amide bonds. The lowest BCUT2D eigenvalue weighted by Crippen LogP contribution is -2.39. The number of aryl methyl sites for hydroxylation is 1. The van der Waals surface area contributed by atoms with Crippen molar-refractivity contribution in [1.82, 2.24) is 15.5 Å². The van der Waals surface area contributed by atoms with E-state index < -0.39 is 0 Å². The second-order valence-corrected chi connectivity index (χ2v) is 6.22. The maximum atomic E-state index is 12.0. The number of rotatable bonds is 8. The summed E-state index contributed by atoms with van der Waals surface area (Å²) in [5.74, 6) is 1.84. The largest absolute Gasteiger partial charge is 0.497 e. The normalized spacial score (nSPS) is 10.8. The van der Waals surface area contributed by atoms with E-state index in [4.69, 9.17) is 9.15 Å². The molecule has 0 aliphatic heterocycles. The van der Waals surface area contributed by atoms with Gasteiger partial charge in [-0.25, -0.2) is 0 Å². The first-order valence-corrected chi connectivity index (χ1v) is 8.92. The van der Waals surface area contributed by atoms with E-state index in [0.29, 0.717) is 18.8 Å². The highest BCUT2D eigenvalue weighted by atomic mass is 127. The van der Waals surface area contributed by atoms with Gasteiger partial charge in [0, 0.05) is 39.3 Å². The van der Waals surface area contributed by atoms with Crippen LogP contribution in [0.1, 0.15) is 28.1 Å². The summed E-state index contributed by atoms with van der Waals surface area (Å²) in [6.45, 7) is 3.85. The number of hydrogen-bond donors (Lipinski definition) is 2. The summed E-state index contributed by atoms with van der Waals surface area (Å²) in [6, 6.07) is 9.74. The Morgan fingerprint density at radius 3 is 2.43 bits per heavy atom. The molecule has 0 radical (unpaired) electrons. The lowest BCUT2D eigenvalue weighted by atomic mass is 10.2. The van der Waals surface area contributed by atoms with Gasteiger partial charge in [0.2, 0.25) is 0 Å². The first-order chi connectivity index (χ1) is 13.0. The van der Waals surface area contributed by atoms with Crippen molar-refractivity contribution < 1.29 is 13.9 Å². The number of carbonyl (C=O) groups excluding carboxylic acids is 1. The van der Waals surface area contributed by atoms with E-state index in [-0.39, 0.29) is 29.9 Å². The molecular formula is C20H29IN4O3. The van der Waals surface area contributed by atoms with Gasteiger partial charge in [-0.1, -0.05) is 12.1 Å². The second-order valence-electron chi connectivity index (χ2n) is 6.22. The van der Waals surface area contributed by atoms with Crippen LogP contribution in [0.5, 0.6) is 5.75 Å². The fourth-order valence-corrected chi connectivity index (χ4v) is 2.64. The Hall–Kier alpha value is -2.23. The molecule has 0 saturated carbocycles. The summed E-state index contributed by atoms with van der Waals surface area (Å²) >= 11 is 0. The monoisotopic (exact) mass is 500 g/mol. The summed E-state index contributed by atoms with van der Waals surface area (Å²) in [4.78, 5) is 18.3. The minimum Gasteiger partial charge on any atom is -0.497 e. The number of carbonyl (C=O) groups is 1. The lowest BCUT2D eigenvalue weighted by molar-refractivity contribution is 0.0925. The highest BCUT2D eigenvalue weighted by Gasteiger charge is 2.11. The number of nitrogens with zero attached hydrogens (tertiary/aromatic N) is 2. The van der Waals surface area contributed by atoms with Crippen LogP contribution in [0.15, 0.2) is 46.0 Å². The summed E-state index contributed by atoms with van der Waals surface area (Å²) in [6.07, 6.45) is 2.30. The van der Waals surface area contributed by atoms with Gasteiger partial charge in [-0.05, 0) is 37.1 Å². The molecule has 0 bridgehead atoms. The molecule has 28 heavy (non-hydrogen) atoms. The SMILES string of the molecule is CN=C(NCCCNC(=O)c1occc1C)N(C)Cc1ccc(OC)cc1.I. The molecule has 154 valence electrons. The van der Waals surface area contributed by atoms with Crippen LogP contribution in [-0.4, -0.2) is 51.1 Å². The maximum Gasteiger partial charge on any atom is 0.287 e. The van der Waals surface area contributed by atoms with Crippen molar-refractivity contribution in [3.63, 3.8) is 0 Å². The molecule has 0 saturated heterocycles. The van der Waals surface area contributed by atoms with Crippen molar-refractivity contribution in [2.45, 2.75) is 19.9 Å². The van der Waals surface area contributed by atoms with E-state index in [1.165, 1.54) is 11.8 Å². The average Bonchev–Trinajstić information content (AvgIpc) is 3.11. The minimum absolute atomic E-state index is 0. The summed E-state index contributed by atoms with van der Waals surface area (Å²) < 4.78 is 10.4. The smallest absolute Gasteiger partial charge is 0.287 e. The Morgan fingerprint density at radius 2 is 1.86 bits per heavy atom. The number of guanidine groups is 1. The van der Waals surface area contributed by atoms with Crippen molar-refractivity contribution in [3.8, 4) is 5.75 Å². The molecule has 0 spiro atoms. The fraction of sp³-hybridized carbons (Fsp3) is 0.400. The minimum atomic E-state index is -0.182. The standard InChI is InChI=1S/C20H28N4O3.HI/c1-15-10-13-27-18(15)19(25)22-11-5-12-23-20(21-2)24(3)14-16-6-8-17(26-4)9-7-16;/h6-10,13H,5,11-12,14H2,1-4H3,(H,21,23)(H,22,25);1H. The number of amides is 1. The molecule has 0 aliphatic rings. The Balaban J connectivity index is 0.00000392. The summed E-state index contributed by atoms with van der Waals surface area (Å²) in [5, 5.41) is 6.17. The molecule has 0 fully saturated rings. The van der Waals surface area contributed by atoms with Gasteiger partial charge in [-0.2, -0.15) is 0 Å². The van der Waals surface area contributed by atoms with Crippen LogP contribution in [0, 0.1) is 6.92 Å². The van der Waals surface area contributed by atoms with Crippen LogP contribution >= 0.6 is 24.0 Å². The number of halogens is 1. The van der Waals surface area contributed by atoms with Crippen molar-refractivity contribution in [2.24, 2.45) is 4.99 Å². The Bertz CT molecular complexity index is 759. The molecular weight excluding hydrogens is 471 g/mol. The van der Waals surface area contributed by atoms with Gasteiger partial charge < -0.3 is 24.7 Å². The van der Waals surface area contributed by atoms with E-state index >= 15 is 0 Å². The summed E-state index contributed by atoms with van der Waals surface area (Å²) in [5.41, 5.74) is 2.01. The van der Waals surface area contributed by atoms with Crippen LogP contribution in [0.3, 0.4) is 0 Å². The van der Waals surface area contributed by atoms with Gasteiger partial charge in [0.05, 0.1) is 13.4 Å². The van der Waals surface area contributed by atoms with Crippen molar-refractivity contribution in [1.29, 1.82) is 0 Å². The van der Waals surface area contributed by atoms with E-state index in [1.54, 1.807) is 20.2 Å². The van der Waals surface area contributed by atoms with Crippen molar-refractivity contribution in [3.05, 3.63) is 53.5 Å². The number of nitrogens with one attached hydrogen (secondary N) is 2. The van der Waals surface area contributed by atoms with Gasteiger partial charge in [0.1, 0.15) is 5.75 Å². The third-order valence-electron chi connectivity index (χ3n) is 4.14. The molecule has 0 aliphatic carbocycles. The van der Waals surface area contributed by atoms with Gasteiger partial charge in [0.25, 0.3) is 5.91 Å². The Labute approximate surface area is 183 Å². The predicted octanol–water partition coefficient (Wildman–Crippen LogP) is 3.04. The Kier molecular flexibility index (Phi) is 10.4. The van der Waals surface area contributed by atoms with E-state index in [2.05, 4.69) is 15.6 Å². The first kappa shape index (κ1) is 23.8. The highest BCUT2D eigenvalue weighted by molar-refractivity contribution is 14.0. The van der Waals surface area contributed by atoms with Crippen LogP contribution in [0.2, 0.25) is 0 Å². The predicted molar refractivity (Wildman–Crippen MR) is 122 cm³/mol. The maximum absolute atomic E-state index is 12.0. The van der Waals surface area contributed by atoms with E-state index in [0.717, 1.165) is 30.2 Å².